The topological polar surface area (TPSA) is 32.6 Å². The average molecular weight is 351 g/mol. The summed E-state index contributed by atoms with van der Waals surface area (Å²) >= 11 is 0. The number of nitrogens with zero attached hydrogens (tertiary/aromatic N) is 3. The summed E-state index contributed by atoms with van der Waals surface area (Å²) in [6, 6.07) is 13.3. The molecule has 2 aliphatic carbocycles. The van der Waals surface area contributed by atoms with Crippen LogP contribution in [-0.4, -0.2) is 35.6 Å². The first-order valence-electron chi connectivity index (χ1n) is 9.86. The first kappa shape index (κ1) is 17.2. The van der Waals surface area contributed by atoms with Crippen LogP contribution in [-0.2, 0) is 20.0 Å². The highest BCUT2D eigenvalue weighted by molar-refractivity contribution is 5.79. The van der Waals surface area contributed by atoms with Gasteiger partial charge in [-0.05, 0) is 60.8 Å². The molecule has 4 rings (SSSR count). The van der Waals surface area contributed by atoms with Gasteiger partial charge in [-0.3, -0.25) is 4.99 Å². The molecule has 2 aliphatic rings. The van der Waals surface area contributed by atoms with Gasteiger partial charge in [-0.15, -0.1) is 0 Å². The Bertz CT molecular complexity index is 791. The molecule has 1 aromatic heterocycles. The quantitative estimate of drug-likeness (QED) is 0.662. The smallest absolute Gasteiger partial charge is 0.194 e. The first-order valence-corrected chi connectivity index (χ1v) is 9.86. The fraction of sp³-hybridized carbons (Fsp3) is 0.500. The summed E-state index contributed by atoms with van der Waals surface area (Å²) in [7, 11) is 4.23. The molecule has 138 valence electrons. The van der Waals surface area contributed by atoms with Gasteiger partial charge in [-0.1, -0.05) is 24.3 Å². The lowest BCUT2D eigenvalue weighted by molar-refractivity contribution is 0.460. The van der Waals surface area contributed by atoms with Crippen molar-refractivity contribution in [3.8, 4) is 0 Å². The second-order valence-corrected chi connectivity index (χ2v) is 7.75. The van der Waals surface area contributed by atoms with E-state index in [1.165, 1.54) is 18.5 Å². The van der Waals surface area contributed by atoms with Gasteiger partial charge in [0.1, 0.15) is 0 Å². The summed E-state index contributed by atoms with van der Waals surface area (Å²) in [5, 5.41) is 3.46. The minimum atomic E-state index is 0.718. The number of aliphatic imine (C=N–C) groups is 1. The summed E-state index contributed by atoms with van der Waals surface area (Å²) in [4.78, 5) is 7.24. The maximum absolute atomic E-state index is 5.00. The summed E-state index contributed by atoms with van der Waals surface area (Å²) in [6.45, 7) is 4.84. The Kier molecular flexibility index (Phi) is 4.75. The van der Waals surface area contributed by atoms with Gasteiger partial charge in [-0.25, -0.2) is 0 Å². The second kappa shape index (κ2) is 7.18. The van der Waals surface area contributed by atoms with Crippen LogP contribution in [0, 0.1) is 11.8 Å². The Morgan fingerprint density at radius 3 is 2.88 bits per heavy atom. The third-order valence-corrected chi connectivity index (χ3v) is 6.09. The Hall–Kier alpha value is -2.23. The van der Waals surface area contributed by atoms with Gasteiger partial charge in [0.25, 0.3) is 0 Å². The standard InChI is InChI=1S/C22H30N4/c1-4-23-22(26(3)15-17-9-7-13-25(17)2)24-14-20-19-12-11-16-8-5-6-10-18(16)21(19)20/h5-10,13,19-21H,4,11-12,14-15H2,1-3H3,(H,23,24). The maximum Gasteiger partial charge on any atom is 0.194 e. The van der Waals surface area contributed by atoms with Crippen LogP contribution in [0.5, 0.6) is 0 Å². The van der Waals surface area contributed by atoms with Crippen molar-refractivity contribution >= 4 is 5.96 Å². The van der Waals surface area contributed by atoms with Crippen molar-refractivity contribution in [3.05, 3.63) is 59.4 Å². The van der Waals surface area contributed by atoms with Crippen molar-refractivity contribution < 1.29 is 0 Å². The normalized spacial score (nSPS) is 24.0. The van der Waals surface area contributed by atoms with Gasteiger partial charge in [-0.2, -0.15) is 0 Å². The zero-order valence-corrected chi connectivity index (χ0v) is 16.2. The summed E-state index contributed by atoms with van der Waals surface area (Å²) < 4.78 is 2.17. The molecule has 1 saturated carbocycles. The fourth-order valence-corrected chi connectivity index (χ4v) is 4.60. The third kappa shape index (κ3) is 3.25. The van der Waals surface area contributed by atoms with E-state index in [-0.39, 0.29) is 0 Å². The Morgan fingerprint density at radius 1 is 1.27 bits per heavy atom. The lowest BCUT2D eigenvalue weighted by Crippen LogP contribution is -2.39. The number of rotatable bonds is 5. The molecule has 0 saturated heterocycles. The minimum Gasteiger partial charge on any atom is -0.357 e. The molecule has 1 heterocycles. The number of benzene rings is 1. The number of fused-ring (bicyclic) bond motifs is 3. The Balaban J connectivity index is 1.43. The average Bonchev–Trinajstić information content (AvgIpc) is 3.24. The monoisotopic (exact) mass is 350 g/mol. The van der Waals surface area contributed by atoms with Crippen molar-refractivity contribution in [2.75, 3.05) is 20.1 Å². The minimum absolute atomic E-state index is 0.718. The molecule has 0 spiro atoms. The second-order valence-electron chi connectivity index (χ2n) is 7.75. The molecule has 26 heavy (non-hydrogen) atoms. The van der Waals surface area contributed by atoms with Crippen LogP contribution in [0.4, 0.5) is 0 Å². The number of guanidine groups is 1. The maximum atomic E-state index is 5.00. The van der Waals surface area contributed by atoms with E-state index in [4.69, 9.17) is 4.99 Å². The molecule has 0 aliphatic heterocycles. The molecule has 3 unspecified atom stereocenters. The molecule has 2 aromatic rings. The Labute approximate surface area is 156 Å². The van der Waals surface area contributed by atoms with Crippen molar-refractivity contribution in [2.24, 2.45) is 23.9 Å². The predicted octanol–water partition coefficient (Wildman–Crippen LogP) is 3.40. The lowest BCUT2D eigenvalue weighted by Gasteiger charge is -2.22. The SMILES string of the molecule is CCNC(=NCC1C2CCc3ccccc3C21)N(C)Cc1cccn1C. The summed E-state index contributed by atoms with van der Waals surface area (Å²) in [5.74, 6) is 3.32. The Morgan fingerprint density at radius 2 is 2.12 bits per heavy atom. The van der Waals surface area contributed by atoms with E-state index < -0.39 is 0 Å². The van der Waals surface area contributed by atoms with E-state index in [0.717, 1.165) is 43.3 Å². The highest BCUT2D eigenvalue weighted by atomic mass is 15.3. The lowest BCUT2D eigenvalue weighted by atomic mass is 9.92. The molecule has 3 atom stereocenters. The molecule has 1 N–H and O–H groups in total. The molecule has 1 fully saturated rings. The van der Waals surface area contributed by atoms with Crippen LogP contribution in [0.25, 0.3) is 0 Å². The molecular formula is C22H30N4. The van der Waals surface area contributed by atoms with Gasteiger partial charge >= 0.3 is 0 Å². The molecule has 0 amide bonds. The van der Waals surface area contributed by atoms with Crippen LogP contribution in [0.2, 0.25) is 0 Å². The summed E-state index contributed by atoms with van der Waals surface area (Å²) in [5.41, 5.74) is 4.45. The molecule has 0 bridgehead atoms. The zero-order valence-electron chi connectivity index (χ0n) is 16.2. The molecule has 4 nitrogen and oxygen atoms in total. The van der Waals surface area contributed by atoms with E-state index in [0.29, 0.717) is 0 Å². The van der Waals surface area contributed by atoms with Gasteiger partial charge in [0.05, 0.1) is 6.54 Å². The van der Waals surface area contributed by atoms with Crippen molar-refractivity contribution in [2.45, 2.75) is 32.2 Å². The van der Waals surface area contributed by atoms with Gasteiger partial charge < -0.3 is 14.8 Å². The van der Waals surface area contributed by atoms with Crippen LogP contribution in [0.15, 0.2) is 47.6 Å². The molecule has 0 radical (unpaired) electrons. The molecule has 1 aromatic carbocycles. The largest absolute Gasteiger partial charge is 0.357 e. The fourth-order valence-electron chi connectivity index (χ4n) is 4.60. The number of aryl methyl sites for hydroxylation is 2. The molecular weight excluding hydrogens is 320 g/mol. The number of nitrogens with one attached hydrogen (secondary N) is 1. The first-order chi connectivity index (χ1) is 12.7. The van der Waals surface area contributed by atoms with Crippen LogP contribution < -0.4 is 5.32 Å². The van der Waals surface area contributed by atoms with E-state index in [1.807, 2.05) is 0 Å². The van der Waals surface area contributed by atoms with E-state index in [2.05, 4.69) is 78.4 Å². The highest BCUT2D eigenvalue weighted by Gasteiger charge is 2.52. The molecule has 4 heteroatoms. The van der Waals surface area contributed by atoms with E-state index >= 15 is 0 Å². The number of hydrogen-bond acceptors (Lipinski definition) is 1. The van der Waals surface area contributed by atoms with Crippen LogP contribution >= 0.6 is 0 Å². The van der Waals surface area contributed by atoms with Crippen molar-refractivity contribution in [1.82, 2.24) is 14.8 Å². The highest BCUT2D eigenvalue weighted by Crippen LogP contribution is 2.59. The van der Waals surface area contributed by atoms with Crippen LogP contribution in [0.3, 0.4) is 0 Å². The van der Waals surface area contributed by atoms with Gasteiger partial charge in [0.15, 0.2) is 5.96 Å². The number of hydrogen-bond donors (Lipinski definition) is 1. The predicted molar refractivity (Wildman–Crippen MR) is 107 cm³/mol. The van der Waals surface area contributed by atoms with E-state index in [1.54, 1.807) is 11.1 Å². The third-order valence-electron chi connectivity index (χ3n) is 6.09. The zero-order chi connectivity index (χ0) is 18.1. The van der Waals surface area contributed by atoms with Crippen LogP contribution in [0.1, 0.15) is 36.1 Å². The van der Waals surface area contributed by atoms with Crippen molar-refractivity contribution in [3.63, 3.8) is 0 Å². The van der Waals surface area contributed by atoms with Gasteiger partial charge in [0, 0.05) is 39.1 Å². The van der Waals surface area contributed by atoms with E-state index in [9.17, 15) is 0 Å². The van der Waals surface area contributed by atoms with Crippen molar-refractivity contribution in [1.29, 1.82) is 0 Å². The number of aromatic nitrogens is 1. The van der Waals surface area contributed by atoms with Gasteiger partial charge in [0.2, 0.25) is 0 Å². The summed E-state index contributed by atoms with van der Waals surface area (Å²) in [6.07, 6.45) is 4.67.